The van der Waals surface area contributed by atoms with Crippen molar-refractivity contribution < 1.29 is 32.2 Å². The maximum absolute atomic E-state index is 12.8. The van der Waals surface area contributed by atoms with Crippen molar-refractivity contribution in [3.63, 3.8) is 0 Å². The maximum Gasteiger partial charge on any atom is 0.411 e. The number of halogens is 4. The molecule has 0 spiro atoms. The fourth-order valence-corrected chi connectivity index (χ4v) is 2.08. The zero-order chi connectivity index (χ0) is 16.4. The van der Waals surface area contributed by atoms with E-state index in [2.05, 4.69) is 4.74 Å². The molecule has 1 aliphatic rings. The molecule has 0 unspecified atom stereocenters. The van der Waals surface area contributed by atoms with Gasteiger partial charge in [-0.25, -0.2) is 9.59 Å². The molecular formula is C12H17ClF3NO4. The van der Waals surface area contributed by atoms with Crippen LogP contribution in [0.5, 0.6) is 0 Å². The van der Waals surface area contributed by atoms with Crippen molar-refractivity contribution in [3.8, 4) is 0 Å². The smallest absolute Gasteiger partial charge is 0.411 e. The van der Waals surface area contributed by atoms with E-state index in [0.29, 0.717) is 0 Å². The van der Waals surface area contributed by atoms with Gasteiger partial charge in [-0.15, -0.1) is 0 Å². The van der Waals surface area contributed by atoms with E-state index >= 15 is 0 Å². The summed E-state index contributed by atoms with van der Waals surface area (Å²) in [4.78, 5) is 24.4. The van der Waals surface area contributed by atoms with Gasteiger partial charge in [-0.1, -0.05) is 11.6 Å². The third-order valence-electron chi connectivity index (χ3n) is 2.86. The zero-order valence-electron chi connectivity index (χ0n) is 11.9. The summed E-state index contributed by atoms with van der Waals surface area (Å²) >= 11 is 5.23. The Labute approximate surface area is 125 Å². The molecule has 0 saturated carbocycles. The van der Waals surface area contributed by atoms with E-state index in [1.807, 2.05) is 0 Å². The van der Waals surface area contributed by atoms with Crippen molar-refractivity contribution >= 4 is 23.7 Å². The van der Waals surface area contributed by atoms with Gasteiger partial charge in [0.25, 0.3) is 0 Å². The Bertz CT molecular complexity index is 408. The molecule has 0 aromatic carbocycles. The minimum absolute atomic E-state index is 0.492. The van der Waals surface area contributed by atoms with Gasteiger partial charge in [-0.2, -0.15) is 13.2 Å². The van der Waals surface area contributed by atoms with E-state index in [4.69, 9.17) is 16.3 Å². The lowest BCUT2D eigenvalue weighted by Crippen LogP contribution is -2.44. The quantitative estimate of drug-likeness (QED) is 0.576. The van der Waals surface area contributed by atoms with E-state index in [1.54, 1.807) is 20.8 Å². The maximum atomic E-state index is 12.8. The fourth-order valence-electron chi connectivity index (χ4n) is 1.97. The number of hydrogen-bond acceptors (Lipinski definition) is 4. The lowest BCUT2D eigenvalue weighted by atomic mass is 10.1. The van der Waals surface area contributed by atoms with Crippen LogP contribution in [0.3, 0.4) is 0 Å². The average molecular weight is 332 g/mol. The summed E-state index contributed by atoms with van der Waals surface area (Å²) in [5.41, 5.74) is -0.881. The molecule has 0 aromatic heterocycles. The van der Waals surface area contributed by atoms with Crippen molar-refractivity contribution in [2.75, 3.05) is 12.6 Å². The molecule has 9 heteroatoms. The second-order valence-electron chi connectivity index (χ2n) is 5.70. The van der Waals surface area contributed by atoms with E-state index in [0.717, 1.165) is 4.90 Å². The van der Waals surface area contributed by atoms with Gasteiger partial charge in [0, 0.05) is 6.54 Å². The topological polar surface area (TPSA) is 55.8 Å². The lowest BCUT2D eigenvalue weighted by molar-refractivity contribution is -0.170. The zero-order valence-corrected chi connectivity index (χ0v) is 12.6. The van der Waals surface area contributed by atoms with Gasteiger partial charge in [0.2, 0.25) is 0 Å². The Hall–Kier alpha value is -1.18. The van der Waals surface area contributed by atoms with Gasteiger partial charge in [0.1, 0.15) is 11.6 Å². The predicted molar refractivity (Wildman–Crippen MR) is 67.7 cm³/mol. The van der Waals surface area contributed by atoms with E-state index in [1.165, 1.54) is 0 Å². The highest BCUT2D eigenvalue weighted by molar-refractivity contribution is 6.17. The minimum atomic E-state index is -4.50. The number of carbonyl (C=O) groups is 2. The van der Waals surface area contributed by atoms with E-state index < -0.39 is 54.8 Å². The molecule has 1 rings (SSSR count). The molecular weight excluding hydrogens is 315 g/mol. The first-order chi connectivity index (χ1) is 9.45. The van der Waals surface area contributed by atoms with Gasteiger partial charge in [-0.05, 0) is 27.2 Å². The van der Waals surface area contributed by atoms with Crippen LogP contribution < -0.4 is 0 Å². The Morgan fingerprint density at radius 1 is 1.29 bits per heavy atom. The number of alkyl halides is 4. The summed E-state index contributed by atoms with van der Waals surface area (Å²) in [6.07, 6.45) is -6.04. The molecule has 0 aliphatic carbocycles. The summed E-state index contributed by atoms with van der Waals surface area (Å²) in [6, 6.07) is -1.83. The second kappa shape index (κ2) is 6.29. The number of amides is 1. The van der Waals surface area contributed by atoms with Crippen LogP contribution in [-0.2, 0) is 14.3 Å². The van der Waals surface area contributed by atoms with Crippen molar-refractivity contribution in [1.82, 2.24) is 4.90 Å². The van der Waals surface area contributed by atoms with Crippen LogP contribution in [0, 0.1) is 5.92 Å². The van der Waals surface area contributed by atoms with Crippen LogP contribution >= 0.6 is 11.6 Å². The Balaban J connectivity index is 2.91. The van der Waals surface area contributed by atoms with E-state index in [9.17, 15) is 22.8 Å². The molecule has 1 amide bonds. The van der Waals surface area contributed by atoms with Crippen LogP contribution in [0.25, 0.3) is 0 Å². The van der Waals surface area contributed by atoms with Gasteiger partial charge in [0.05, 0.1) is 5.92 Å². The van der Waals surface area contributed by atoms with Gasteiger partial charge < -0.3 is 9.47 Å². The molecule has 1 fully saturated rings. The Morgan fingerprint density at radius 2 is 1.86 bits per heavy atom. The van der Waals surface area contributed by atoms with Crippen molar-refractivity contribution in [1.29, 1.82) is 0 Å². The first-order valence-corrected chi connectivity index (χ1v) is 6.78. The standard InChI is InChI=1S/C12H17ClF3NO4/c1-11(2,3)21-10(19)17-5-7(12(14,15)16)4-8(17)9(18)20-6-13/h7-8H,4-6H2,1-3H3/t7-,8-/m0/s1. The molecule has 0 radical (unpaired) electrons. The number of esters is 1. The molecule has 0 aromatic rings. The summed E-state index contributed by atoms with van der Waals surface area (Å²) < 4.78 is 47.9. The van der Waals surface area contributed by atoms with Gasteiger partial charge >= 0.3 is 18.2 Å². The normalized spacial score (nSPS) is 23.1. The SMILES string of the molecule is CC(C)(C)OC(=O)N1C[C@@H](C(F)(F)F)C[C@H]1C(=O)OCCl. The number of rotatable bonds is 2. The van der Waals surface area contributed by atoms with Crippen LogP contribution in [-0.4, -0.2) is 47.4 Å². The first kappa shape index (κ1) is 17.9. The summed E-state index contributed by atoms with van der Waals surface area (Å²) in [5, 5.41) is 0. The van der Waals surface area contributed by atoms with Crippen LogP contribution in [0.2, 0.25) is 0 Å². The molecule has 1 saturated heterocycles. The van der Waals surface area contributed by atoms with Crippen LogP contribution in [0.4, 0.5) is 18.0 Å². The first-order valence-electron chi connectivity index (χ1n) is 6.24. The molecule has 0 bridgehead atoms. The van der Waals surface area contributed by atoms with Crippen molar-refractivity contribution in [3.05, 3.63) is 0 Å². The number of nitrogens with zero attached hydrogens (tertiary/aromatic N) is 1. The molecule has 1 aliphatic heterocycles. The third-order valence-corrected chi connectivity index (χ3v) is 2.97. The number of hydrogen-bond donors (Lipinski definition) is 0. The molecule has 5 nitrogen and oxygen atoms in total. The van der Waals surface area contributed by atoms with Crippen LogP contribution in [0.1, 0.15) is 27.2 Å². The third kappa shape index (κ3) is 4.94. The van der Waals surface area contributed by atoms with Crippen LogP contribution in [0.15, 0.2) is 0 Å². The summed E-state index contributed by atoms with van der Waals surface area (Å²) in [7, 11) is 0. The molecule has 122 valence electrons. The largest absolute Gasteiger partial charge is 0.448 e. The number of likely N-dealkylation sites (tertiary alicyclic amines) is 1. The van der Waals surface area contributed by atoms with Crippen molar-refractivity contribution in [2.24, 2.45) is 5.92 Å². The highest BCUT2D eigenvalue weighted by Crippen LogP contribution is 2.37. The summed E-state index contributed by atoms with van der Waals surface area (Å²) in [6.45, 7) is 4.09. The molecule has 0 N–H and O–H groups in total. The molecule has 21 heavy (non-hydrogen) atoms. The summed E-state index contributed by atoms with van der Waals surface area (Å²) in [5.74, 6) is -2.76. The monoisotopic (exact) mass is 331 g/mol. The molecule has 1 heterocycles. The second-order valence-corrected chi connectivity index (χ2v) is 5.91. The highest BCUT2D eigenvalue weighted by atomic mass is 35.5. The fraction of sp³-hybridized carbons (Fsp3) is 0.833. The predicted octanol–water partition coefficient (Wildman–Crippen LogP) is 2.91. The minimum Gasteiger partial charge on any atom is -0.448 e. The number of carbonyl (C=O) groups excluding carboxylic acids is 2. The lowest BCUT2D eigenvalue weighted by Gasteiger charge is -2.27. The van der Waals surface area contributed by atoms with Crippen molar-refractivity contribution in [2.45, 2.75) is 45.0 Å². The number of ether oxygens (including phenoxy) is 2. The Morgan fingerprint density at radius 3 is 2.29 bits per heavy atom. The highest BCUT2D eigenvalue weighted by Gasteiger charge is 2.52. The molecule has 2 atom stereocenters. The van der Waals surface area contributed by atoms with Gasteiger partial charge in [-0.3, -0.25) is 4.90 Å². The average Bonchev–Trinajstić information content (AvgIpc) is 2.71. The Kier molecular flexibility index (Phi) is 5.35. The van der Waals surface area contributed by atoms with E-state index in [-0.39, 0.29) is 0 Å². The van der Waals surface area contributed by atoms with Gasteiger partial charge in [0.15, 0.2) is 6.07 Å².